The SMILES string of the molecule is Cc1nc(SCC(O)C(F)(F)F)sc1C(=O)O. The van der Waals surface area contributed by atoms with Gasteiger partial charge in [0.25, 0.3) is 0 Å². The number of nitrogens with zero attached hydrogens (tertiary/aromatic N) is 1. The Morgan fingerprint density at radius 3 is 2.59 bits per heavy atom. The van der Waals surface area contributed by atoms with Gasteiger partial charge in [-0.2, -0.15) is 13.2 Å². The van der Waals surface area contributed by atoms with Gasteiger partial charge in [-0.05, 0) is 6.92 Å². The van der Waals surface area contributed by atoms with Crippen molar-refractivity contribution in [2.24, 2.45) is 0 Å². The lowest BCUT2D eigenvalue weighted by molar-refractivity contribution is -0.195. The first-order valence-electron chi connectivity index (χ1n) is 4.30. The number of hydrogen-bond acceptors (Lipinski definition) is 5. The van der Waals surface area contributed by atoms with Crippen LogP contribution in [0.2, 0.25) is 0 Å². The molecule has 0 bridgehead atoms. The smallest absolute Gasteiger partial charge is 0.415 e. The second kappa shape index (κ2) is 5.23. The molecule has 0 aliphatic carbocycles. The highest BCUT2D eigenvalue weighted by Gasteiger charge is 2.38. The summed E-state index contributed by atoms with van der Waals surface area (Å²) in [6.45, 7) is 1.46. The van der Waals surface area contributed by atoms with Gasteiger partial charge < -0.3 is 10.2 Å². The predicted octanol–water partition coefficient (Wildman–Crippen LogP) is 2.17. The van der Waals surface area contributed by atoms with Crippen LogP contribution < -0.4 is 0 Å². The van der Waals surface area contributed by atoms with Crippen LogP contribution in [0.15, 0.2) is 4.34 Å². The summed E-state index contributed by atoms with van der Waals surface area (Å²) >= 11 is 1.48. The average molecular weight is 287 g/mol. The summed E-state index contributed by atoms with van der Waals surface area (Å²) in [5, 5.41) is 17.5. The Kier molecular flexibility index (Phi) is 4.39. The molecule has 1 aromatic rings. The Hall–Kier alpha value is -0.800. The summed E-state index contributed by atoms with van der Waals surface area (Å²) in [6, 6.07) is 0. The zero-order chi connectivity index (χ0) is 13.2. The Bertz CT molecular complexity index is 419. The minimum Gasteiger partial charge on any atom is -0.477 e. The van der Waals surface area contributed by atoms with E-state index in [0.717, 1.165) is 11.3 Å². The predicted molar refractivity (Wildman–Crippen MR) is 56.6 cm³/mol. The molecule has 0 aliphatic rings. The van der Waals surface area contributed by atoms with Gasteiger partial charge in [0.1, 0.15) is 4.88 Å². The first-order valence-corrected chi connectivity index (χ1v) is 6.10. The van der Waals surface area contributed by atoms with Crippen molar-refractivity contribution in [3.8, 4) is 0 Å². The van der Waals surface area contributed by atoms with E-state index >= 15 is 0 Å². The van der Waals surface area contributed by atoms with Gasteiger partial charge in [0.2, 0.25) is 0 Å². The number of rotatable bonds is 4. The van der Waals surface area contributed by atoms with Crippen molar-refractivity contribution in [3.63, 3.8) is 0 Å². The van der Waals surface area contributed by atoms with Crippen LogP contribution in [0.25, 0.3) is 0 Å². The van der Waals surface area contributed by atoms with Gasteiger partial charge in [-0.3, -0.25) is 0 Å². The molecule has 0 saturated carbocycles. The lowest BCUT2D eigenvalue weighted by atomic mass is 10.4. The van der Waals surface area contributed by atoms with Gasteiger partial charge in [0.15, 0.2) is 10.4 Å². The van der Waals surface area contributed by atoms with Crippen molar-refractivity contribution < 1.29 is 28.2 Å². The number of hydrogen-bond donors (Lipinski definition) is 2. The number of thioether (sulfide) groups is 1. The third-order valence-corrected chi connectivity index (χ3v) is 4.08. The number of aromatic nitrogens is 1. The van der Waals surface area contributed by atoms with Gasteiger partial charge in [0.05, 0.1) is 5.69 Å². The molecule has 0 saturated heterocycles. The average Bonchev–Trinajstić information content (AvgIpc) is 2.54. The third-order valence-electron chi connectivity index (χ3n) is 1.71. The quantitative estimate of drug-likeness (QED) is 0.830. The monoisotopic (exact) mass is 287 g/mol. The van der Waals surface area contributed by atoms with Crippen molar-refractivity contribution in [1.29, 1.82) is 0 Å². The number of aryl methyl sites for hydroxylation is 1. The molecular formula is C8H8F3NO3S2. The highest BCUT2D eigenvalue weighted by molar-refractivity contribution is 8.01. The van der Waals surface area contributed by atoms with Crippen LogP contribution >= 0.6 is 23.1 Å². The van der Waals surface area contributed by atoms with Gasteiger partial charge in [-0.15, -0.1) is 11.3 Å². The van der Waals surface area contributed by atoms with Crippen LogP contribution in [-0.2, 0) is 0 Å². The van der Waals surface area contributed by atoms with E-state index in [4.69, 9.17) is 10.2 Å². The Labute approximate surface area is 102 Å². The lowest BCUT2D eigenvalue weighted by Crippen LogP contribution is -2.30. The van der Waals surface area contributed by atoms with Crippen LogP contribution in [0, 0.1) is 6.92 Å². The maximum absolute atomic E-state index is 12.0. The second-order valence-corrected chi connectivity index (χ2v) is 5.33. The fourth-order valence-corrected chi connectivity index (χ4v) is 2.90. The molecule has 2 N–H and O–H groups in total. The summed E-state index contributed by atoms with van der Waals surface area (Å²) in [5.41, 5.74) is 0.256. The molecule has 96 valence electrons. The van der Waals surface area contributed by atoms with E-state index in [1.165, 1.54) is 6.92 Å². The van der Waals surface area contributed by atoms with E-state index in [1.807, 2.05) is 0 Å². The first kappa shape index (κ1) is 14.3. The first-order chi connectivity index (χ1) is 7.71. The zero-order valence-corrected chi connectivity index (χ0v) is 10.1. The van der Waals surface area contributed by atoms with Gasteiger partial charge in [-0.1, -0.05) is 11.8 Å². The molecule has 1 unspecified atom stereocenters. The van der Waals surface area contributed by atoms with Crippen LogP contribution in [0.3, 0.4) is 0 Å². The Morgan fingerprint density at radius 1 is 1.59 bits per heavy atom. The van der Waals surface area contributed by atoms with Crippen LogP contribution in [0.5, 0.6) is 0 Å². The van der Waals surface area contributed by atoms with Crippen LogP contribution in [-0.4, -0.2) is 39.2 Å². The van der Waals surface area contributed by atoms with E-state index in [-0.39, 0.29) is 14.9 Å². The number of alkyl halides is 3. The van der Waals surface area contributed by atoms with E-state index in [9.17, 15) is 18.0 Å². The maximum Gasteiger partial charge on any atom is 0.415 e. The number of aromatic carboxylic acids is 1. The second-order valence-electron chi connectivity index (χ2n) is 3.07. The number of carboxylic acids is 1. The Morgan fingerprint density at radius 2 is 2.18 bits per heavy atom. The number of aliphatic hydroxyl groups excluding tert-OH is 1. The highest BCUT2D eigenvalue weighted by atomic mass is 32.2. The number of halogens is 3. The molecule has 9 heteroatoms. The number of aliphatic hydroxyl groups is 1. The Balaban J connectivity index is 2.65. The molecule has 17 heavy (non-hydrogen) atoms. The van der Waals surface area contributed by atoms with Crippen molar-refractivity contribution in [1.82, 2.24) is 4.98 Å². The largest absolute Gasteiger partial charge is 0.477 e. The maximum atomic E-state index is 12.0. The van der Waals surface area contributed by atoms with E-state index in [0.29, 0.717) is 11.8 Å². The molecule has 0 radical (unpaired) electrons. The van der Waals surface area contributed by atoms with Crippen molar-refractivity contribution in [2.45, 2.75) is 23.5 Å². The molecule has 0 aliphatic heterocycles. The van der Waals surface area contributed by atoms with Crippen LogP contribution in [0.1, 0.15) is 15.4 Å². The lowest BCUT2D eigenvalue weighted by Gasteiger charge is -2.12. The van der Waals surface area contributed by atoms with E-state index in [1.54, 1.807) is 0 Å². The summed E-state index contributed by atoms with van der Waals surface area (Å²) in [6.07, 6.45) is -7.11. The molecule has 4 nitrogen and oxygen atoms in total. The van der Waals surface area contributed by atoms with Crippen molar-refractivity contribution in [3.05, 3.63) is 10.6 Å². The third kappa shape index (κ3) is 3.86. The summed E-state index contributed by atoms with van der Waals surface area (Å²) in [7, 11) is 0. The van der Waals surface area contributed by atoms with Crippen molar-refractivity contribution >= 4 is 29.1 Å². The topological polar surface area (TPSA) is 70.4 Å². The molecule has 0 spiro atoms. The summed E-state index contributed by atoms with van der Waals surface area (Å²) in [4.78, 5) is 14.5. The fourth-order valence-electron chi connectivity index (χ4n) is 0.877. The van der Waals surface area contributed by atoms with Gasteiger partial charge in [-0.25, -0.2) is 9.78 Å². The molecule has 1 rings (SSSR count). The number of carbonyl (C=O) groups is 1. The molecular weight excluding hydrogens is 279 g/mol. The van der Waals surface area contributed by atoms with E-state index in [2.05, 4.69) is 4.98 Å². The molecule has 1 aromatic heterocycles. The number of thiazole rings is 1. The van der Waals surface area contributed by atoms with Crippen molar-refractivity contribution in [2.75, 3.05) is 5.75 Å². The number of carboxylic acid groups (broad SMARTS) is 1. The molecule has 0 fully saturated rings. The standard InChI is InChI=1S/C8H8F3NO3S2/c1-3-5(6(14)15)17-7(12-3)16-2-4(13)8(9,10)11/h4,13H,2H2,1H3,(H,14,15). The molecule has 1 atom stereocenters. The zero-order valence-electron chi connectivity index (χ0n) is 8.48. The molecule has 1 heterocycles. The normalized spacial score (nSPS) is 13.7. The van der Waals surface area contributed by atoms with Gasteiger partial charge >= 0.3 is 12.1 Å². The minimum atomic E-state index is -4.67. The summed E-state index contributed by atoms with van der Waals surface area (Å²) in [5.74, 6) is -1.77. The van der Waals surface area contributed by atoms with Gasteiger partial charge in [0, 0.05) is 5.75 Å². The summed E-state index contributed by atoms with van der Waals surface area (Å²) < 4.78 is 36.2. The minimum absolute atomic E-state index is 0.00556. The van der Waals surface area contributed by atoms with E-state index < -0.39 is 24.0 Å². The van der Waals surface area contributed by atoms with Crippen LogP contribution in [0.4, 0.5) is 13.2 Å². The highest BCUT2D eigenvalue weighted by Crippen LogP contribution is 2.30. The fraction of sp³-hybridized carbons (Fsp3) is 0.500. The molecule has 0 amide bonds. The molecule has 0 aromatic carbocycles.